The van der Waals surface area contributed by atoms with Crippen molar-refractivity contribution < 1.29 is 13.9 Å². The Bertz CT molecular complexity index is 470. The van der Waals surface area contributed by atoms with Crippen molar-refractivity contribution in [3.63, 3.8) is 0 Å². The van der Waals surface area contributed by atoms with Gasteiger partial charge in [-0.2, -0.15) is 5.10 Å². The molecule has 96 valence electrons. The van der Waals surface area contributed by atoms with Crippen LogP contribution in [0.25, 0.3) is 0 Å². The molecule has 0 aliphatic heterocycles. The van der Waals surface area contributed by atoms with Gasteiger partial charge in [-0.05, 0) is 31.0 Å². The lowest BCUT2D eigenvalue weighted by Gasteiger charge is -2.09. The highest BCUT2D eigenvalue weighted by Crippen LogP contribution is 2.11. The van der Waals surface area contributed by atoms with Gasteiger partial charge >= 0.3 is 0 Å². The molecule has 0 N–H and O–H groups in total. The van der Waals surface area contributed by atoms with Gasteiger partial charge in [0.2, 0.25) is 5.90 Å². The van der Waals surface area contributed by atoms with E-state index in [0.29, 0.717) is 5.56 Å². The molecule has 1 aromatic carbocycles. The maximum atomic E-state index is 13.1. The Labute approximate surface area is 105 Å². The number of halogens is 1. The van der Waals surface area contributed by atoms with Crippen molar-refractivity contribution >= 4 is 18.9 Å². The molecule has 0 fully saturated rings. The summed E-state index contributed by atoms with van der Waals surface area (Å²) >= 11 is 0. The summed E-state index contributed by atoms with van der Waals surface area (Å²) in [5, 5.41) is 6.70. The molecule has 0 saturated heterocycles. The molecular weight excluding hydrogens is 235 g/mol. The largest absolute Gasteiger partial charge is 0.473 e. The topological polar surface area (TPSA) is 51.0 Å². The van der Waals surface area contributed by atoms with Crippen molar-refractivity contribution in [1.29, 1.82) is 0 Å². The van der Waals surface area contributed by atoms with Gasteiger partial charge in [-0.15, -0.1) is 5.10 Å². The van der Waals surface area contributed by atoms with Crippen LogP contribution < -0.4 is 0 Å². The summed E-state index contributed by atoms with van der Waals surface area (Å²) in [7, 11) is 0. The molecule has 5 heteroatoms. The molecule has 1 rings (SSSR count). The van der Waals surface area contributed by atoms with Crippen LogP contribution in [-0.4, -0.2) is 25.1 Å². The summed E-state index contributed by atoms with van der Waals surface area (Å²) in [5.74, 6) is -0.127. The van der Waals surface area contributed by atoms with E-state index in [1.165, 1.54) is 6.92 Å². The Morgan fingerprint density at radius 2 is 2.33 bits per heavy atom. The van der Waals surface area contributed by atoms with Crippen LogP contribution in [0.4, 0.5) is 4.39 Å². The monoisotopic (exact) mass is 250 g/mol. The highest BCUT2D eigenvalue weighted by atomic mass is 19.1. The van der Waals surface area contributed by atoms with Crippen LogP contribution in [0, 0.1) is 6.92 Å². The number of ether oxygens (including phenoxy) is 1. The number of benzene rings is 1. The third kappa shape index (κ3) is 3.76. The first kappa shape index (κ1) is 14.0. The van der Waals surface area contributed by atoms with E-state index in [9.17, 15) is 9.18 Å². The van der Waals surface area contributed by atoms with E-state index in [-0.39, 0.29) is 12.5 Å². The fraction of sp³-hybridized carbons (Fsp3) is 0.308. The zero-order chi connectivity index (χ0) is 13.5. The zero-order valence-electron chi connectivity index (χ0n) is 10.4. The van der Waals surface area contributed by atoms with Crippen LogP contribution >= 0.6 is 0 Å². The van der Waals surface area contributed by atoms with Gasteiger partial charge in [-0.3, -0.25) is 4.79 Å². The molecule has 0 aromatic heterocycles. The van der Waals surface area contributed by atoms with E-state index >= 15 is 0 Å². The summed E-state index contributed by atoms with van der Waals surface area (Å²) in [5.41, 5.74) is 2.24. The molecule has 1 atom stereocenters. The number of aldehydes is 1. The predicted octanol–water partition coefficient (Wildman–Crippen LogP) is 2.70. The maximum absolute atomic E-state index is 13.1. The van der Waals surface area contributed by atoms with Gasteiger partial charge in [0.05, 0.1) is 0 Å². The van der Waals surface area contributed by atoms with Crippen LogP contribution in [0.1, 0.15) is 28.4 Å². The summed E-state index contributed by atoms with van der Waals surface area (Å²) in [4.78, 5) is 10.8. The first-order chi connectivity index (χ1) is 8.58. The zero-order valence-corrected chi connectivity index (χ0v) is 10.4. The molecule has 0 saturated carbocycles. The Morgan fingerprint density at radius 1 is 1.61 bits per heavy atom. The van der Waals surface area contributed by atoms with E-state index in [4.69, 9.17) is 4.74 Å². The normalized spacial score (nSPS) is 12.9. The van der Waals surface area contributed by atoms with Crippen molar-refractivity contribution in [1.82, 2.24) is 0 Å². The molecule has 0 aliphatic rings. The molecule has 0 amide bonds. The van der Waals surface area contributed by atoms with Crippen molar-refractivity contribution in [2.24, 2.45) is 10.2 Å². The average molecular weight is 250 g/mol. The number of carbonyl (C=O) groups excluding carboxylic acids is 1. The Kier molecular flexibility index (Phi) is 5.17. The van der Waals surface area contributed by atoms with Gasteiger partial charge in [0.1, 0.15) is 12.9 Å². The second-order valence-corrected chi connectivity index (χ2v) is 3.79. The summed E-state index contributed by atoms with van der Waals surface area (Å²) in [6.07, 6.45) is -0.580. The SMILES string of the molecule is C=N/N=C(\OCc1ccc(C)c(C=O)c1)C(C)F. The molecule has 0 spiro atoms. The number of nitrogens with zero attached hydrogens (tertiary/aromatic N) is 2. The van der Waals surface area contributed by atoms with Crippen molar-refractivity contribution in [3.05, 3.63) is 34.9 Å². The number of hydrogen-bond acceptors (Lipinski definition) is 4. The fourth-order valence-corrected chi connectivity index (χ4v) is 1.36. The molecule has 1 aromatic rings. The predicted molar refractivity (Wildman–Crippen MR) is 68.9 cm³/mol. The lowest BCUT2D eigenvalue weighted by molar-refractivity contribution is 0.112. The van der Waals surface area contributed by atoms with Crippen molar-refractivity contribution in [2.45, 2.75) is 26.6 Å². The van der Waals surface area contributed by atoms with Gasteiger partial charge in [0.25, 0.3) is 0 Å². The number of carbonyl (C=O) groups is 1. The van der Waals surface area contributed by atoms with Crippen LogP contribution in [0.15, 0.2) is 28.4 Å². The van der Waals surface area contributed by atoms with Gasteiger partial charge < -0.3 is 4.74 Å². The van der Waals surface area contributed by atoms with E-state index < -0.39 is 6.17 Å². The standard InChI is InChI=1S/C13H15FN2O2/c1-9-4-5-11(6-12(9)7-17)8-18-13(10(2)14)16-15-3/h4-7,10H,3,8H2,1-2H3/b16-13-. The Hall–Kier alpha value is -2.04. The Morgan fingerprint density at radius 3 is 2.89 bits per heavy atom. The van der Waals surface area contributed by atoms with E-state index in [2.05, 4.69) is 16.9 Å². The van der Waals surface area contributed by atoms with Gasteiger partial charge in [-0.1, -0.05) is 12.1 Å². The summed E-state index contributed by atoms with van der Waals surface area (Å²) < 4.78 is 18.3. The van der Waals surface area contributed by atoms with Crippen LogP contribution in [-0.2, 0) is 11.3 Å². The molecule has 0 bridgehead atoms. The Balaban J connectivity index is 2.76. The summed E-state index contributed by atoms with van der Waals surface area (Å²) in [6, 6.07) is 5.32. The van der Waals surface area contributed by atoms with Crippen LogP contribution in [0.3, 0.4) is 0 Å². The van der Waals surface area contributed by atoms with Crippen molar-refractivity contribution in [3.8, 4) is 0 Å². The minimum Gasteiger partial charge on any atom is -0.473 e. The van der Waals surface area contributed by atoms with E-state index in [1.807, 2.05) is 19.1 Å². The third-order valence-corrected chi connectivity index (χ3v) is 2.37. The first-order valence-electron chi connectivity index (χ1n) is 5.43. The molecule has 1 unspecified atom stereocenters. The van der Waals surface area contributed by atoms with Gasteiger partial charge in [0.15, 0.2) is 6.17 Å². The molecule has 18 heavy (non-hydrogen) atoms. The minimum absolute atomic E-state index is 0.127. The molecule has 0 aliphatic carbocycles. The molecule has 4 nitrogen and oxygen atoms in total. The minimum atomic E-state index is -1.36. The second-order valence-electron chi connectivity index (χ2n) is 3.79. The third-order valence-electron chi connectivity index (χ3n) is 2.37. The maximum Gasteiger partial charge on any atom is 0.243 e. The second kappa shape index (κ2) is 6.64. The quantitative estimate of drug-likeness (QED) is 0.349. The lowest BCUT2D eigenvalue weighted by Crippen LogP contribution is -2.15. The number of hydrogen-bond donors (Lipinski definition) is 0. The highest BCUT2D eigenvalue weighted by molar-refractivity contribution is 5.80. The van der Waals surface area contributed by atoms with Gasteiger partial charge in [0, 0.05) is 12.3 Å². The van der Waals surface area contributed by atoms with Crippen molar-refractivity contribution in [2.75, 3.05) is 0 Å². The molecule has 0 radical (unpaired) electrons. The number of alkyl halides is 1. The first-order valence-corrected chi connectivity index (χ1v) is 5.43. The molecular formula is C13H15FN2O2. The van der Waals surface area contributed by atoms with E-state index in [0.717, 1.165) is 17.4 Å². The van der Waals surface area contributed by atoms with Crippen LogP contribution in [0.2, 0.25) is 0 Å². The lowest BCUT2D eigenvalue weighted by atomic mass is 10.1. The van der Waals surface area contributed by atoms with Gasteiger partial charge in [-0.25, -0.2) is 4.39 Å². The van der Waals surface area contributed by atoms with E-state index in [1.54, 1.807) is 6.07 Å². The smallest absolute Gasteiger partial charge is 0.243 e. The number of rotatable bonds is 5. The average Bonchev–Trinajstić information content (AvgIpc) is 2.35. The molecule has 0 heterocycles. The van der Waals surface area contributed by atoms with Crippen LogP contribution in [0.5, 0.6) is 0 Å². The highest BCUT2D eigenvalue weighted by Gasteiger charge is 2.11. The summed E-state index contributed by atoms with van der Waals surface area (Å²) in [6.45, 7) is 6.42. The number of aryl methyl sites for hydroxylation is 1. The fourth-order valence-electron chi connectivity index (χ4n) is 1.36.